The largest absolute Gasteiger partial charge is 0.436 e. The molecule has 0 aliphatic heterocycles. The van der Waals surface area contributed by atoms with Gasteiger partial charge in [-0.2, -0.15) is 0 Å². The zero-order chi connectivity index (χ0) is 17.6. The van der Waals surface area contributed by atoms with Gasteiger partial charge in [-0.25, -0.2) is 8.78 Å². The summed E-state index contributed by atoms with van der Waals surface area (Å²) >= 11 is 0. The Hall–Kier alpha value is -3.48. The molecular formula is C18H12F2N4O. The minimum Gasteiger partial charge on any atom is -0.436 e. The second kappa shape index (κ2) is 5.55. The molecule has 7 heteroatoms. The Labute approximate surface area is 140 Å². The Morgan fingerprint density at radius 1 is 0.920 bits per heavy atom. The number of furan rings is 1. The lowest BCUT2D eigenvalue weighted by atomic mass is 10.0. The quantitative estimate of drug-likeness (QED) is 0.576. The number of nitrogens with two attached hydrogens (primary N) is 2. The number of rotatable bonds is 2. The molecule has 0 fully saturated rings. The van der Waals surface area contributed by atoms with E-state index in [-0.39, 0.29) is 11.6 Å². The van der Waals surface area contributed by atoms with E-state index in [0.29, 0.717) is 27.8 Å². The zero-order valence-corrected chi connectivity index (χ0v) is 12.8. The third kappa shape index (κ3) is 2.46. The van der Waals surface area contributed by atoms with E-state index in [0.717, 1.165) is 11.6 Å². The number of anilines is 2. The highest BCUT2D eigenvalue weighted by Crippen LogP contribution is 2.41. The number of nitrogen functional groups attached to an aromatic ring is 2. The monoisotopic (exact) mass is 338 g/mol. The van der Waals surface area contributed by atoms with Gasteiger partial charge >= 0.3 is 0 Å². The van der Waals surface area contributed by atoms with Crippen LogP contribution in [0.4, 0.5) is 20.4 Å². The number of nitrogens with zero attached hydrogens (tertiary/aromatic N) is 2. The predicted octanol–water partition coefficient (Wildman–Crippen LogP) is 4.00. The molecule has 25 heavy (non-hydrogen) atoms. The van der Waals surface area contributed by atoms with E-state index in [1.807, 2.05) is 0 Å². The number of halogens is 2. The smallest absolute Gasteiger partial charge is 0.215 e. The van der Waals surface area contributed by atoms with E-state index in [1.165, 1.54) is 18.3 Å². The molecule has 0 saturated carbocycles. The number of benzene rings is 1. The van der Waals surface area contributed by atoms with Crippen molar-refractivity contribution in [2.75, 3.05) is 11.5 Å². The molecule has 0 spiro atoms. The Morgan fingerprint density at radius 3 is 2.28 bits per heavy atom. The fourth-order valence-corrected chi connectivity index (χ4v) is 2.79. The van der Waals surface area contributed by atoms with Gasteiger partial charge in [-0.1, -0.05) is 0 Å². The van der Waals surface area contributed by atoms with Crippen LogP contribution >= 0.6 is 0 Å². The van der Waals surface area contributed by atoms with Crippen molar-refractivity contribution in [3.05, 3.63) is 60.6 Å². The van der Waals surface area contributed by atoms with Crippen molar-refractivity contribution in [3.63, 3.8) is 0 Å². The number of aromatic nitrogens is 2. The van der Waals surface area contributed by atoms with Crippen molar-refractivity contribution in [2.24, 2.45) is 0 Å². The molecule has 0 radical (unpaired) electrons. The standard InChI is InChI=1S/C18H12F2N4O/c19-11-5-10(6-12(20)7-11)13-8-24-16(9-1-3-23-4-2-9)17-14(13)15(21)18(22)25-17/h1-8H,21-22H2. The summed E-state index contributed by atoms with van der Waals surface area (Å²) in [6.07, 6.45) is 4.74. The maximum atomic E-state index is 13.6. The highest BCUT2D eigenvalue weighted by Gasteiger charge is 2.20. The van der Waals surface area contributed by atoms with Gasteiger partial charge in [0.25, 0.3) is 0 Å². The van der Waals surface area contributed by atoms with E-state index in [9.17, 15) is 8.78 Å². The van der Waals surface area contributed by atoms with Crippen molar-refractivity contribution >= 4 is 22.5 Å². The van der Waals surface area contributed by atoms with Crippen molar-refractivity contribution in [2.45, 2.75) is 0 Å². The highest BCUT2D eigenvalue weighted by molar-refractivity contribution is 6.09. The van der Waals surface area contributed by atoms with Crippen LogP contribution in [0.1, 0.15) is 0 Å². The minimum absolute atomic E-state index is 0.0245. The Bertz CT molecular complexity index is 1070. The zero-order valence-electron chi connectivity index (χ0n) is 12.8. The normalized spacial score (nSPS) is 11.1. The molecule has 0 aliphatic rings. The Morgan fingerprint density at radius 2 is 1.60 bits per heavy atom. The maximum Gasteiger partial charge on any atom is 0.215 e. The summed E-state index contributed by atoms with van der Waals surface area (Å²) in [6, 6.07) is 6.73. The fourth-order valence-electron chi connectivity index (χ4n) is 2.79. The van der Waals surface area contributed by atoms with Crippen molar-refractivity contribution in [3.8, 4) is 22.4 Å². The molecule has 5 nitrogen and oxygen atoms in total. The molecule has 0 aliphatic carbocycles. The van der Waals surface area contributed by atoms with Crippen LogP contribution in [0.15, 0.2) is 53.3 Å². The molecule has 4 rings (SSSR count). The second-order valence-electron chi connectivity index (χ2n) is 5.50. The molecule has 4 aromatic rings. The van der Waals surface area contributed by atoms with Crippen LogP contribution in [-0.4, -0.2) is 9.97 Å². The average molecular weight is 338 g/mol. The molecule has 1 aromatic carbocycles. The number of hydrogen-bond acceptors (Lipinski definition) is 5. The van der Waals surface area contributed by atoms with Crippen LogP contribution in [0, 0.1) is 11.6 Å². The van der Waals surface area contributed by atoms with E-state index < -0.39 is 11.6 Å². The van der Waals surface area contributed by atoms with Gasteiger partial charge in [0.1, 0.15) is 23.0 Å². The summed E-state index contributed by atoms with van der Waals surface area (Å²) in [5.74, 6) is -1.37. The summed E-state index contributed by atoms with van der Waals surface area (Å²) in [5, 5.41) is 0.462. The third-order valence-corrected chi connectivity index (χ3v) is 3.91. The first-order chi connectivity index (χ1) is 12.0. The SMILES string of the molecule is Nc1oc2c(-c3ccncc3)ncc(-c3cc(F)cc(F)c3)c2c1N. The van der Waals surface area contributed by atoms with Crippen LogP contribution in [0.3, 0.4) is 0 Å². The first-order valence-electron chi connectivity index (χ1n) is 7.38. The number of pyridine rings is 2. The topological polar surface area (TPSA) is 91.0 Å². The molecule has 4 N–H and O–H groups in total. The molecular weight excluding hydrogens is 326 g/mol. The first-order valence-corrected chi connectivity index (χ1v) is 7.38. The van der Waals surface area contributed by atoms with Gasteiger partial charge < -0.3 is 15.9 Å². The number of hydrogen-bond donors (Lipinski definition) is 2. The van der Waals surface area contributed by atoms with E-state index in [4.69, 9.17) is 15.9 Å². The van der Waals surface area contributed by atoms with Gasteiger partial charge in [0.2, 0.25) is 5.88 Å². The van der Waals surface area contributed by atoms with Crippen LogP contribution in [0.25, 0.3) is 33.4 Å². The molecule has 0 bridgehead atoms. The summed E-state index contributed by atoms with van der Waals surface area (Å²) in [7, 11) is 0. The molecule has 3 heterocycles. The van der Waals surface area contributed by atoms with Gasteiger partial charge in [0.05, 0.1) is 5.39 Å². The summed E-state index contributed by atoms with van der Waals surface area (Å²) in [4.78, 5) is 8.36. The van der Waals surface area contributed by atoms with E-state index >= 15 is 0 Å². The lowest BCUT2D eigenvalue weighted by molar-refractivity contribution is 0.584. The van der Waals surface area contributed by atoms with Crippen molar-refractivity contribution < 1.29 is 13.2 Å². The highest BCUT2D eigenvalue weighted by atomic mass is 19.1. The lowest BCUT2D eigenvalue weighted by Crippen LogP contribution is -1.93. The van der Waals surface area contributed by atoms with Gasteiger partial charge in [-0.05, 0) is 29.8 Å². The Balaban J connectivity index is 2.05. The van der Waals surface area contributed by atoms with Gasteiger partial charge in [-0.15, -0.1) is 0 Å². The molecule has 0 amide bonds. The lowest BCUT2D eigenvalue weighted by Gasteiger charge is -2.08. The second-order valence-corrected chi connectivity index (χ2v) is 5.50. The minimum atomic E-state index is -0.698. The fraction of sp³-hybridized carbons (Fsp3) is 0. The summed E-state index contributed by atoms with van der Waals surface area (Å²) < 4.78 is 32.8. The maximum absolute atomic E-state index is 13.6. The predicted molar refractivity (Wildman–Crippen MR) is 91.4 cm³/mol. The molecule has 0 saturated heterocycles. The van der Waals surface area contributed by atoms with Crippen LogP contribution in [-0.2, 0) is 0 Å². The van der Waals surface area contributed by atoms with Gasteiger partial charge in [0.15, 0.2) is 5.58 Å². The van der Waals surface area contributed by atoms with Crippen LogP contribution < -0.4 is 11.5 Å². The average Bonchev–Trinajstić information content (AvgIpc) is 2.89. The van der Waals surface area contributed by atoms with Crippen molar-refractivity contribution in [1.82, 2.24) is 9.97 Å². The van der Waals surface area contributed by atoms with E-state index in [2.05, 4.69) is 9.97 Å². The number of fused-ring (bicyclic) bond motifs is 1. The van der Waals surface area contributed by atoms with Crippen LogP contribution in [0.2, 0.25) is 0 Å². The summed E-state index contributed by atoms with van der Waals surface area (Å²) in [6.45, 7) is 0. The molecule has 0 atom stereocenters. The summed E-state index contributed by atoms with van der Waals surface area (Å²) in [5.41, 5.74) is 14.4. The molecule has 3 aromatic heterocycles. The molecule has 124 valence electrons. The first kappa shape index (κ1) is 15.1. The third-order valence-electron chi connectivity index (χ3n) is 3.91. The Kier molecular flexibility index (Phi) is 3.35. The van der Waals surface area contributed by atoms with Crippen LogP contribution in [0.5, 0.6) is 0 Å². The van der Waals surface area contributed by atoms with Gasteiger partial charge in [-0.3, -0.25) is 9.97 Å². The van der Waals surface area contributed by atoms with E-state index in [1.54, 1.807) is 24.5 Å². The van der Waals surface area contributed by atoms with Crippen molar-refractivity contribution in [1.29, 1.82) is 0 Å². The molecule has 0 unspecified atom stereocenters. The van der Waals surface area contributed by atoms with Gasteiger partial charge in [0, 0.05) is 35.8 Å².